The van der Waals surface area contributed by atoms with Gasteiger partial charge in [-0.15, -0.1) is 21.7 Å². The number of anilines is 1. The predicted octanol–water partition coefficient (Wildman–Crippen LogP) is 1.57. The van der Waals surface area contributed by atoms with Gasteiger partial charge in [-0.2, -0.15) is 5.10 Å². The highest BCUT2D eigenvalue weighted by molar-refractivity contribution is 7.98. The molecule has 0 fully saturated rings. The van der Waals surface area contributed by atoms with Gasteiger partial charge in [-0.3, -0.25) is 0 Å². The second-order valence-corrected chi connectivity index (χ2v) is 3.64. The summed E-state index contributed by atoms with van der Waals surface area (Å²) in [6, 6.07) is 7.98. The third kappa shape index (κ3) is 1.72. The summed E-state index contributed by atoms with van der Waals surface area (Å²) in [5, 5.41) is 8.03. The van der Waals surface area contributed by atoms with Crippen LogP contribution in [0.15, 0.2) is 35.4 Å². The third-order valence-electron chi connectivity index (χ3n) is 1.81. The SMILES string of the molecule is CSc1ccc(-n2ncc(N)n2)cc1. The van der Waals surface area contributed by atoms with Gasteiger partial charge in [0.05, 0.1) is 11.9 Å². The van der Waals surface area contributed by atoms with Crippen molar-refractivity contribution in [1.29, 1.82) is 0 Å². The molecule has 0 amide bonds. The molecule has 0 atom stereocenters. The molecule has 14 heavy (non-hydrogen) atoms. The zero-order valence-electron chi connectivity index (χ0n) is 7.71. The minimum Gasteiger partial charge on any atom is -0.381 e. The fourth-order valence-corrected chi connectivity index (χ4v) is 1.52. The molecule has 5 heteroatoms. The van der Waals surface area contributed by atoms with Gasteiger partial charge in [0.1, 0.15) is 0 Å². The number of nitrogens with zero attached hydrogens (tertiary/aromatic N) is 3. The van der Waals surface area contributed by atoms with Crippen LogP contribution in [0.1, 0.15) is 0 Å². The van der Waals surface area contributed by atoms with E-state index in [0.29, 0.717) is 5.82 Å². The normalized spacial score (nSPS) is 10.4. The zero-order valence-corrected chi connectivity index (χ0v) is 8.53. The van der Waals surface area contributed by atoms with Crippen LogP contribution in [-0.2, 0) is 0 Å². The number of rotatable bonds is 2. The molecule has 4 nitrogen and oxygen atoms in total. The smallest absolute Gasteiger partial charge is 0.166 e. The summed E-state index contributed by atoms with van der Waals surface area (Å²) in [6.45, 7) is 0. The number of hydrogen-bond donors (Lipinski definition) is 1. The largest absolute Gasteiger partial charge is 0.381 e. The number of benzene rings is 1. The lowest BCUT2D eigenvalue weighted by atomic mass is 10.3. The number of aromatic nitrogens is 3. The van der Waals surface area contributed by atoms with Crippen LogP contribution in [0.4, 0.5) is 5.82 Å². The van der Waals surface area contributed by atoms with E-state index >= 15 is 0 Å². The summed E-state index contributed by atoms with van der Waals surface area (Å²) in [6.07, 6.45) is 3.57. The van der Waals surface area contributed by atoms with E-state index in [4.69, 9.17) is 5.73 Å². The van der Waals surface area contributed by atoms with Crippen LogP contribution >= 0.6 is 11.8 Å². The molecule has 0 aliphatic heterocycles. The molecule has 2 rings (SSSR count). The molecule has 0 aliphatic carbocycles. The summed E-state index contributed by atoms with van der Waals surface area (Å²) >= 11 is 1.70. The van der Waals surface area contributed by atoms with Crippen LogP contribution < -0.4 is 5.73 Å². The van der Waals surface area contributed by atoms with E-state index in [9.17, 15) is 0 Å². The average molecular weight is 206 g/mol. The molecule has 1 heterocycles. The van der Waals surface area contributed by atoms with Gasteiger partial charge >= 0.3 is 0 Å². The van der Waals surface area contributed by atoms with Crippen molar-refractivity contribution in [1.82, 2.24) is 15.0 Å². The van der Waals surface area contributed by atoms with Crippen LogP contribution in [0.25, 0.3) is 5.69 Å². The van der Waals surface area contributed by atoms with E-state index in [1.165, 1.54) is 15.9 Å². The van der Waals surface area contributed by atoms with E-state index in [-0.39, 0.29) is 0 Å². The second kappa shape index (κ2) is 3.71. The van der Waals surface area contributed by atoms with Crippen LogP contribution in [-0.4, -0.2) is 21.2 Å². The maximum Gasteiger partial charge on any atom is 0.166 e. The average Bonchev–Trinajstić information content (AvgIpc) is 2.65. The summed E-state index contributed by atoms with van der Waals surface area (Å²) < 4.78 is 0. The second-order valence-electron chi connectivity index (χ2n) is 2.76. The molecule has 0 spiro atoms. The predicted molar refractivity (Wildman–Crippen MR) is 57.6 cm³/mol. The lowest BCUT2D eigenvalue weighted by molar-refractivity contribution is 0.753. The van der Waals surface area contributed by atoms with Gasteiger partial charge < -0.3 is 5.73 Å². The van der Waals surface area contributed by atoms with E-state index in [1.54, 1.807) is 11.8 Å². The van der Waals surface area contributed by atoms with Crippen molar-refractivity contribution in [3.8, 4) is 5.69 Å². The zero-order chi connectivity index (χ0) is 9.97. The van der Waals surface area contributed by atoms with E-state index in [2.05, 4.69) is 10.2 Å². The quantitative estimate of drug-likeness (QED) is 0.758. The first-order chi connectivity index (χ1) is 6.79. The van der Waals surface area contributed by atoms with Gasteiger partial charge in [-0.25, -0.2) is 0 Å². The van der Waals surface area contributed by atoms with Crippen molar-refractivity contribution >= 4 is 17.6 Å². The van der Waals surface area contributed by atoms with Crippen LogP contribution in [0, 0.1) is 0 Å². The molecule has 0 unspecified atom stereocenters. The molecule has 2 N–H and O–H groups in total. The topological polar surface area (TPSA) is 56.7 Å². The lowest BCUT2D eigenvalue weighted by Gasteiger charge is -2.00. The Hall–Kier alpha value is -1.49. The standard InChI is InChI=1S/C9H10N4S/c1-14-8-4-2-7(3-5-8)13-11-6-9(10)12-13/h2-6H,1H3,(H2,10,12). The molecule has 72 valence electrons. The van der Waals surface area contributed by atoms with Crippen LogP contribution in [0.5, 0.6) is 0 Å². The maximum absolute atomic E-state index is 5.47. The first kappa shape index (κ1) is 9.08. The van der Waals surface area contributed by atoms with Crippen LogP contribution in [0.2, 0.25) is 0 Å². The van der Waals surface area contributed by atoms with E-state index in [1.807, 2.05) is 30.5 Å². The van der Waals surface area contributed by atoms with Gasteiger partial charge in [0.2, 0.25) is 0 Å². The first-order valence-electron chi connectivity index (χ1n) is 4.12. The number of hydrogen-bond acceptors (Lipinski definition) is 4. The molecular formula is C9H10N4S. The Balaban J connectivity index is 2.33. The summed E-state index contributed by atoms with van der Waals surface area (Å²) in [5.74, 6) is 0.430. The van der Waals surface area contributed by atoms with E-state index < -0.39 is 0 Å². The van der Waals surface area contributed by atoms with Gasteiger partial charge in [0.15, 0.2) is 5.82 Å². The van der Waals surface area contributed by atoms with Gasteiger partial charge in [0.25, 0.3) is 0 Å². The molecule has 1 aromatic carbocycles. The Kier molecular flexibility index (Phi) is 2.41. The Morgan fingerprint density at radius 3 is 2.50 bits per heavy atom. The van der Waals surface area contributed by atoms with Crippen molar-refractivity contribution in [3.05, 3.63) is 30.5 Å². The highest BCUT2D eigenvalue weighted by Gasteiger charge is 1.99. The molecule has 0 aliphatic rings. The van der Waals surface area contributed by atoms with Crippen LogP contribution in [0.3, 0.4) is 0 Å². The maximum atomic E-state index is 5.47. The number of nitrogens with two attached hydrogens (primary N) is 1. The Labute approximate surface area is 86.1 Å². The summed E-state index contributed by atoms with van der Waals surface area (Å²) in [7, 11) is 0. The minimum absolute atomic E-state index is 0.430. The highest BCUT2D eigenvalue weighted by Crippen LogP contribution is 2.16. The fraction of sp³-hybridized carbons (Fsp3) is 0.111. The molecular weight excluding hydrogens is 196 g/mol. The molecule has 0 saturated carbocycles. The number of thioether (sulfide) groups is 1. The molecule has 2 aromatic rings. The fourth-order valence-electron chi connectivity index (χ4n) is 1.11. The third-order valence-corrected chi connectivity index (χ3v) is 2.56. The van der Waals surface area contributed by atoms with Gasteiger partial charge in [-0.1, -0.05) is 0 Å². The highest BCUT2D eigenvalue weighted by atomic mass is 32.2. The minimum atomic E-state index is 0.430. The van der Waals surface area contributed by atoms with Crippen molar-refractivity contribution in [2.45, 2.75) is 4.90 Å². The number of nitrogen functional groups attached to an aromatic ring is 1. The first-order valence-corrected chi connectivity index (χ1v) is 5.34. The Bertz CT molecular complexity index is 421. The Morgan fingerprint density at radius 1 is 1.29 bits per heavy atom. The monoisotopic (exact) mass is 206 g/mol. The summed E-state index contributed by atoms with van der Waals surface area (Å²) in [4.78, 5) is 2.73. The molecule has 0 saturated heterocycles. The van der Waals surface area contributed by atoms with Crippen molar-refractivity contribution < 1.29 is 0 Å². The van der Waals surface area contributed by atoms with Gasteiger partial charge in [0, 0.05) is 4.90 Å². The van der Waals surface area contributed by atoms with Gasteiger partial charge in [-0.05, 0) is 30.5 Å². The molecule has 1 aromatic heterocycles. The van der Waals surface area contributed by atoms with Crippen molar-refractivity contribution in [3.63, 3.8) is 0 Å². The van der Waals surface area contributed by atoms with E-state index in [0.717, 1.165) is 5.69 Å². The van der Waals surface area contributed by atoms with Crippen molar-refractivity contribution in [2.24, 2.45) is 0 Å². The molecule has 0 bridgehead atoms. The lowest BCUT2D eigenvalue weighted by Crippen LogP contribution is -1.98. The summed E-state index contributed by atoms with van der Waals surface area (Å²) in [5.41, 5.74) is 6.39. The Morgan fingerprint density at radius 2 is 2.00 bits per heavy atom. The molecule has 0 radical (unpaired) electrons. The van der Waals surface area contributed by atoms with Crippen molar-refractivity contribution in [2.75, 3.05) is 12.0 Å².